The summed E-state index contributed by atoms with van der Waals surface area (Å²) in [4.78, 5) is 13.1. The highest BCUT2D eigenvalue weighted by Gasteiger charge is 2.21. The van der Waals surface area contributed by atoms with Crippen molar-refractivity contribution in [3.8, 4) is 5.69 Å². The Morgan fingerprint density at radius 1 is 1.00 bits per heavy atom. The maximum absolute atomic E-state index is 6.17. The number of aryl methyl sites for hydroxylation is 1. The first kappa shape index (κ1) is 17.0. The molecule has 0 saturated carbocycles. The Bertz CT molecular complexity index is 871. The molecule has 0 unspecified atom stereocenters. The number of rotatable bonds is 4. The molecule has 0 amide bonds. The fourth-order valence-corrected chi connectivity index (χ4v) is 3.47. The molecule has 134 valence electrons. The summed E-state index contributed by atoms with van der Waals surface area (Å²) in [5.41, 5.74) is 3.43. The van der Waals surface area contributed by atoms with E-state index in [1.807, 2.05) is 22.9 Å². The van der Waals surface area contributed by atoms with E-state index < -0.39 is 0 Å². The summed E-state index contributed by atoms with van der Waals surface area (Å²) < 4.78 is 1.96. The van der Waals surface area contributed by atoms with Crippen LogP contribution in [0.2, 0.25) is 5.15 Å². The van der Waals surface area contributed by atoms with Crippen LogP contribution in [0, 0.1) is 6.92 Å². The van der Waals surface area contributed by atoms with Gasteiger partial charge in [-0.05, 0) is 19.1 Å². The summed E-state index contributed by atoms with van der Waals surface area (Å²) in [5.74, 6) is 0.780. The summed E-state index contributed by atoms with van der Waals surface area (Å²) in [6.45, 7) is 6.69. The number of hydrogen-bond acceptors (Lipinski definition) is 5. The van der Waals surface area contributed by atoms with Gasteiger partial charge < -0.3 is 4.90 Å². The van der Waals surface area contributed by atoms with Crippen molar-refractivity contribution in [2.45, 2.75) is 13.5 Å². The van der Waals surface area contributed by atoms with Crippen LogP contribution in [-0.2, 0) is 6.54 Å². The van der Waals surface area contributed by atoms with E-state index in [9.17, 15) is 0 Å². The molecule has 0 radical (unpaired) electrons. The Morgan fingerprint density at radius 3 is 2.46 bits per heavy atom. The minimum atomic E-state index is 0.473. The van der Waals surface area contributed by atoms with E-state index >= 15 is 0 Å². The molecule has 2 aromatic heterocycles. The normalized spacial score (nSPS) is 15.4. The van der Waals surface area contributed by atoms with Gasteiger partial charge in [-0.2, -0.15) is 5.10 Å². The van der Waals surface area contributed by atoms with Crippen LogP contribution in [0.1, 0.15) is 11.3 Å². The second-order valence-corrected chi connectivity index (χ2v) is 6.81. The van der Waals surface area contributed by atoms with Crippen molar-refractivity contribution in [3.05, 3.63) is 65.3 Å². The lowest BCUT2D eigenvalue weighted by atomic mass is 10.2. The van der Waals surface area contributed by atoms with Gasteiger partial charge in [0.25, 0.3) is 0 Å². The largest absolute Gasteiger partial charge is 0.351 e. The lowest BCUT2D eigenvalue weighted by molar-refractivity contribution is 0.249. The monoisotopic (exact) mass is 368 g/mol. The highest BCUT2D eigenvalue weighted by molar-refractivity contribution is 6.31. The van der Waals surface area contributed by atoms with Crippen LogP contribution in [0.25, 0.3) is 5.69 Å². The summed E-state index contributed by atoms with van der Waals surface area (Å²) in [7, 11) is 0. The first-order valence-corrected chi connectivity index (χ1v) is 9.13. The Hall–Kier alpha value is -2.44. The Morgan fingerprint density at radius 2 is 1.73 bits per heavy atom. The van der Waals surface area contributed by atoms with E-state index in [0.29, 0.717) is 5.15 Å². The zero-order chi connectivity index (χ0) is 17.9. The first-order chi connectivity index (χ1) is 12.7. The van der Waals surface area contributed by atoms with Gasteiger partial charge in [0.1, 0.15) is 0 Å². The molecule has 0 aliphatic carbocycles. The van der Waals surface area contributed by atoms with Gasteiger partial charge in [-0.25, -0.2) is 14.6 Å². The quantitative estimate of drug-likeness (QED) is 0.708. The topological polar surface area (TPSA) is 50.1 Å². The molecule has 3 aromatic rings. The molecule has 6 nitrogen and oxygen atoms in total. The van der Waals surface area contributed by atoms with Gasteiger partial charge in [0, 0.05) is 56.9 Å². The molecule has 7 heteroatoms. The molecular formula is C19H21ClN6. The molecule has 3 heterocycles. The lowest BCUT2D eigenvalue weighted by Gasteiger charge is -2.35. The third-order valence-corrected chi connectivity index (χ3v) is 4.99. The van der Waals surface area contributed by atoms with E-state index in [4.69, 9.17) is 11.6 Å². The SMILES string of the molecule is Cc1nn(-c2ccccc2)cc1CN1CCN(c2nccnc2Cl)CC1. The van der Waals surface area contributed by atoms with E-state index in [1.54, 1.807) is 12.4 Å². The third kappa shape index (κ3) is 3.57. The fourth-order valence-electron chi connectivity index (χ4n) is 3.25. The van der Waals surface area contributed by atoms with Crippen LogP contribution in [-0.4, -0.2) is 50.8 Å². The minimum Gasteiger partial charge on any atom is -0.351 e. The minimum absolute atomic E-state index is 0.473. The van der Waals surface area contributed by atoms with Crippen molar-refractivity contribution < 1.29 is 0 Å². The van der Waals surface area contributed by atoms with Crippen molar-refractivity contribution in [2.24, 2.45) is 0 Å². The van der Waals surface area contributed by atoms with Crippen molar-refractivity contribution in [3.63, 3.8) is 0 Å². The predicted octanol–water partition coefficient (Wildman–Crippen LogP) is 2.95. The smallest absolute Gasteiger partial charge is 0.171 e. The zero-order valence-electron chi connectivity index (χ0n) is 14.7. The first-order valence-electron chi connectivity index (χ1n) is 8.75. The Kier molecular flexibility index (Phi) is 4.86. The molecule has 4 rings (SSSR count). The second kappa shape index (κ2) is 7.43. The van der Waals surface area contributed by atoms with E-state index in [-0.39, 0.29) is 0 Å². The molecule has 0 bridgehead atoms. The highest BCUT2D eigenvalue weighted by Crippen LogP contribution is 2.22. The Labute approximate surface area is 158 Å². The van der Waals surface area contributed by atoms with E-state index in [2.05, 4.69) is 50.1 Å². The predicted molar refractivity (Wildman–Crippen MR) is 103 cm³/mol. The van der Waals surface area contributed by atoms with Crippen molar-refractivity contribution in [1.29, 1.82) is 0 Å². The average molecular weight is 369 g/mol. The number of anilines is 1. The number of hydrogen-bond donors (Lipinski definition) is 0. The molecule has 1 aliphatic heterocycles. The number of nitrogens with zero attached hydrogens (tertiary/aromatic N) is 6. The standard InChI is InChI=1S/C19H21ClN6/c1-15-16(14-26(23-15)17-5-3-2-4-6-17)13-24-9-11-25(12-10-24)19-18(20)21-7-8-22-19/h2-8,14H,9-13H2,1H3. The summed E-state index contributed by atoms with van der Waals surface area (Å²) in [5, 5.41) is 5.14. The molecule has 0 spiro atoms. The summed E-state index contributed by atoms with van der Waals surface area (Å²) in [6.07, 6.45) is 5.45. The maximum atomic E-state index is 6.17. The molecular weight excluding hydrogens is 348 g/mol. The molecule has 26 heavy (non-hydrogen) atoms. The second-order valence-electron chi connectivity index (χ2n) is 6.45. The summed E-state index contributed by atoms with van der Waals surface area (Å²) >= 11 is 6.17. The molecule has 1 fully saturated rings. The van der Waals surface area contributed by atoms with Crippen LogP contribution in [0.5, 0.6) is 0 Å². The van der Waals surface area contributed by atoms with Gasteiger partial charge >= 0.3 is 0 Å². The Balaban J connectivity index is 1.41. The number of para-hydroxylation sites is 1. The highest BCUT2D eigenvalue weighted by atomic mass is 35.5. The van der Waals surface area contributed by atoms with Crippen molar-refractivity contribution in [2.75, 3.05) is 31.1 Å². The van der Waals surface area contributed by atoms with E-state index in [0.717, 1.165) is 49.9 Å². The molecule has 1 aliphatic rings. The number of benzene rings is 1. The van der Waals surface area contributed by atoms with Crippen molar-refractivity contribution in [1.82, 2.24) is 24.6 Å². The number of piperazine rings is 1. The van der Waals surface area contributed by atoms with Crippen molar-refractivity contribution >= 4 is 17.4 Å². The van der Waals surface area contributed by atoms with E-state index in [1.165, 1.54) is 5.56 Å². The zero-order valence-corrected chi connectivity index (χ0v) is 15.5. The molecule has 1 aromatic carbocycles. The van der Waals surface area contributed by atoms with Gasteiger partial charge in [-0.3, -0.25) is 4.90 Å². The average Bonchev–Trinajstić information content (AvgIpc) is 3.04. The number of halogens is 1. The third-order valence-electron chi connectivity index (χ3n) is 4.72. The van der Waals surface area contributed by atoms with Gasteiger partial charge in [0.2, 0.25) is 0 Å². The summed E-state index contributed by atoms with van der Waals surface area (Å²) in [6, 6.07) is 10.2. The lowest BCUT2D eigenvalue weighted by Crippen LogP contribution is -2.46. The van der Waals surface area contributed by atoms with Crippen LogP contribution >= 0.6 is 11.6 Å². The maximum Gasteiger partial charge on any atom is 0.171 e. The molecule has 0 N–H and O–H groups in total. The van der Waals surface area contributed by atoms with Gasteiger partial charge in [0.05, 0.1) is 11.4 Å². The van der Waals surface area contributed by atoms with Gasteiger partial charge in [-0.1, -0.05) is 29.8 Å². The van der Waals surface area contributed by atoms with Crippen LogP contribution in [0.15, 0.2) is 48.9 Å². The van der Waals surface area contributed by atoms with Crippen LogP contribution in [0.3, 0.4) is 0 Å². The molecule has 1 saturated heterocycles. The number of aromatic nitrogens is 4. The fraction of sp³-hybridized carbons (Fsp3) is 0.316. The van der Waals surface area contributed by atoms with Gasteiger partial charge in [0.15, 0.2) is 11.0 Å². The molecule has 0 atom stereocenters. The van der Waals surface area contributed by atoms with Crippen LogP contribution in [0.4, 0.5) is 5.82 Å². The van der Waals surface area contributed by atoms with Gasteiger partial charge in [-0.15, -0.1) is 0 Å². The van der Waals surface area contributed by atoms with Crippen LogP contribution < -0.4 is 4.90 Å².